The zero-order chi connectivity index (χ0) is 15.5. The van der Waals surface area contributed by atoms with Crippen molar-refractivity contribution < 1.29 is 9.84 Å². The molecule has 1 aliphatic heterocycles. The second-order valence-corrected chi connectivity index (χ2v) is 7.04. The smallest absolute Gasteiger partial charge is 0.122 e. The molecule has 122 valence electrons. The highest BCUT2D eigenvalue weighted by Gasteiger charge is 2.31. The van der Waals surface area contributed by atoms with E-state index >= 15 is 0 Å². The maximum Gasteiger partial charge on any atom is 0.122 e. The molecule has 3 nitrogen and oxygen atoms in total. The molecule has 22 heavy (non-hydrogen) atoms. The predicted molar refractivity (Wildman–Crippen MR) is 89.4 cm³/mol. The predicted octanol–water partition coefficient (Wildman–Crippen LogP) is 3.45. The average Bonchev–Trinajstić information content (AvgIpc) is 2.52. The van der Waals surface area contributed by atoms with Gasteiger partial charge >= 0.3 is 0 Å². The normalized spacial score (nSPS) is 27.8. The Morgan fingerprint density at radius 3 is 2.50 bits per heavy atom. The molecule has 0 spiro atoms. The van der Waals surface area contributed by atoms with E-state index in [1.54, 1.807) is 0 Å². The van der Waals surface area contributed by atoms with Crippen LogP contribution in [0.2, 0.25) is 0 Å². The van der Waals surface area contributed by atoms with E-state index in [0.717, 1.165) is 44.5 Å². The van der Waals surface area contributed by atoms with Crippen molar-refractivity contribution in [3.05, 3.63) is 29.3 Å². The van der Waals surface area contributed by atoms with Crippen LogP contribution >= 0.6 is 0 Å². The molecule has 3 heteroatoms. The minimum absolute atomic E-state index is 0.120. The van der Waals surface area contributed by atoms with Crippen LogP contribution < -0.4 is 4.74 Å². The van der Waals surface area contributed by atoms with Gasteiger partial charge in [0.2, 0.25) is 0 Å². The Balaban J connectivity index is 1.54. The second-order valence-electron chi connectivity index (χ2n) is 7.04. The van der Waals surface area contributed by atoms with Crippen molar-refractivity contribution in [2.45, 2.75) is 70.6 Å². The summed E-state index contributed by atoms with van der Waals surface area (Å²) < 4.78 is 6.24. The summed E-state index contributed by atoms with van der Waals surface area (Å²) >= 11 is 0. The Morgan fingerprint density at radius 1 is 1.05 bits per heavy atom. The summed E-state index contributed by atoms with van der Waals surface area (Å²) in [6.45, 7) is 6.33. The van der Waals surface area contributed by atoms with Gasteiger partial charge in [-0.15, -0.1) is 0 Å². The number of aliphatic hydroxyl groups excluding tert-OH is 1. The zero-order valence-electron chi connectivity index (χ0n) is 13.9. The van der Waals surface area contributed by atoms with Crippen LogP contribution in [0.5, 0.6) is 5.75 Å². The summed E-state index contributed by atoms with van der Waals surface area (Å²) in [5, 5.41) is 10.2. The van der Waals surface area contributed by atoms with E-state index in [0.29, 0.717) is 12.1 Å². The van der Waals surface area contributed by atoms with Crippen molar-refractivity contribution in [3.63, 3.8) is 0 Å². The van der Waals surface area contributed by atoms with Gasteiger partial charge < -0.3 is 9.84 Å². The SMILES string of the molecule is Cc1ccc(C)c(OC2CCN([C@H]3CCCC[C@@H]3O)CC2)c1. The molecule has 1 saturated heterocycles. The molecule has 1 N–H and O–H groups in total. The van der Waals surface area contributed by atoms with Gasteiger partial charge in [-0.2, -0.15) is 0 Å². The fourth-order valence-corrected chi connectivity index (χ4v) is 3.86. The molecule has 0 bridgehead atoms. The van der Waals surface area contributed by atoms with Crippen LogP contribution in [0.15, 0.2) is 18.2 Å². The quantitative estimate of drug-likeness (QED) is 0.928. The fourth-order valence-electron chi connectivity index (χ4n) is 3.86. The minimum atomic E-state index is -0.120. The molecule has 2 fully saturated rings. The van der Waals surface area contributed by atoms with Gasteiger partial charge in [0.25, 0.3) is 0 Å². The number of piperidine rings is 1. The molecule has 1 aromatic rings. The van der Waals surface area contributed by atoms with Crippen LogP contribution in [0, 0.1) is 13.8 Å². The lowest BCUT2D eigenvalue weighted by molar-refractivity contribution is -0.00701. The highest BCUT2D eigenvalue weighted by molar-refractivity contribution is 5.36. The lowest BCUT2D eigenvalue weighted by Gasteiger charge is -2.41. The van der Waals surface area contributed by atoms with Gasteiger partial charge in [-0.05, 0) is 56.7 Å². The Hall–Kier alpha value is -1.06. The summed E-state index contributed by atoms with van der Waals surface area (Å²) in [7, 11) is 0. The lowest BCUT2D eigenvalue weighted by atomic mass is 9.90. The molecule has 2 atom stereocenters. The number of likely N-dealkylation sites (tertiary alicyclic amines) is 1. The van der Waals surface area contributed by atoms with Crippen LogP contribution in [-0.2, 0) is 0 Å². The number of rotatable bonds is 3. The molecule has 0 unspecified atom stereocenters. The maximum absolute atomic E-state index is 10.2. The van der Waals surface area contributed by atoms with Crippen molar-refractivity contribution in [3.8, 4) is 5.75 Å². The Morgan fingerprint density at radius 2 is 1.77 bits per heavy atom. The molecular weight excluding hydrogens is 274 g/mol. The third kappa shape index (κ3) is 3.64. The molecule has 1 saturated carbocycles. The third-order valence-electron chi connectivity index (χ3n) is 5.28. The summed E-state index contributed by atoms with van der Waals surface area (Å²) in [6.07, 6.45) is 6.91. The monoisotopic (exact) mass is 303 g/mol. The van der Waals surface area contributed by atoms with E-state index in [9.17, 15) is 5.11 Å². The first-order chi connectivity index (χ1) is 10.6. The third-order valence-corrected chi connectivity index (χ3v) is 5.28. The molecule has 2 aliphatic rings. The largest absolute Gasteiger partial charge is 0.490 e. The van der Waals surface area contributed by atoms with E-state index in [4.69, 9.17) is 4.74 Å². The van der Waals surface area contributed by atoms with Gasteiger partial charge in [0, 0.05) is 19.1 Å². The number of aryl methyl sites for hydroxylation is 2. The van der Waals surface area contributed by atoms with Crippen LogP contribution in [0.3, 0.4) is 0 Å². The molecule has 1 heterocycles. The molecule has 1 aromatic carbocycles. The zero-order valence-corrected chi connectivity index (χ0v) is 13.9. The van der Waals surface area contributed by atoms with Crippen LogP contribution in [0.25, 0.3) is 0 Å². The number of benzene rings is 1. The first kappa shape index (κ1) is 15.8. The Kier molecular flexibility index (Phi) is 5.04. The average molecular weight is 303 g/mol. The topological polar surface area (TPSA) is 32.7 Å². The van der Waals surface area contributed by atoms with E-state index < -0.39 is 0 Å². The highest BCUT2D eigenvalue weighted by Crippen LogP contribution is 2.28. The molecule has 0 radical (unpaired) electrons. The van der Waals surface area contributed by atoms with Crippen molar-refractivity contribution >= 4 is 0 Å². The van der Waals surface area contributed by atoms with Crippen molar-refractivity contribution in [1.29, 1.82) is 0 Å². The standard InChI is InChI=1S/C19H29NO2/c1-14-7-8-15(2)19(13-14)22-16-9-11-20(12-10-16)17-5-3-4-6-18(17)21/h7-8,13,16-18,21H,3-6,9-12H2,1-2H3/t17-,18-/m0/s1. The highest BCUT2D eigenvalue weighted by atomic mass is 16.5. The van der Waals surface area contributed by atoms with E-state index in [2.05, 4.69) is 36.9 Å². The number of nitrogens with zero attached hydrogens (tertiary/aromatic N) is 1. The minimum Gasteiger partial charge on any atom is -0.490 e. The van der Waals surface area contributed by atoms with Gasteiger partial charge in [-0.25, -0.2) is 0 Å². The number of hydrogen-bond donors (Lipinski definition) is 1. The van der Waals surface area contributed by atoms with Crippen LogP contribution in [-0.4, -0.2) is 41.3 Å². The van der Waals surface area contributed by atoms with Gasteiger partial charge in [0.1, 0.15) is 11.9 Å². The molecular formula is C19H29NO2. The summed E-state index contributed by atoms with van der Waals surface area (Å²) in [5.41, 5.74) is 2.47. The van der Waals surface area contributed by atoms with Crippen molar-refractivity contribution in [2.24, 2.45) is 0 Å². The van der Waals surface area contributed by atoms with Crippen LogP contribution in [0.1, 0.15) is 49.7 Å². The summed E-state index contributed by atoms with van der Waals surface area (Å²) in [6, 6.07) is 6.80. The number of aliphatic hydroxyl groups is 1. The van der Waals surface area contributed by atoms with Gasteiger partial charge in [-0.3, -0.25) is 4.90 Å². The molecule has 3 rings (SSSR count). The molecule has 0 aromatic heterocycles. The maximum atomic E-state index is 10.2. The van der Waals surface area contributed by atoms with Crippen molar-refractivity contribution in [2.75, 3.05) is 13.1 Å². The van der Waals surface area contributed by atoms with Gasteiger partial charge in [0.05, 0.1) is 6.10 Å². The van der Waals surface area contributed by atoms with E-state index in [1.807, 2.05) is 0 Å². The number of ether oxygens (including phenoxy) is 1. The fraction of sp³-hybridized carbons (Fsp3) is 0.684. The first-order valence-corrected chi connectivity index (χ1v) is 8.79. The first-order valence-electron chi connectivity index (χ1n) is 8.79. The summed E-state index contributed by atoms with van der Waals surface area (Å²) in [4.78, 5) is 2.49. The summed E-state index contributed by atoms with van der Waals surface area (Å²) in [5.74, 6) is 1.04. The second kappa shape index (κ2) is 7.01. The van der Waals surface area contributed by atoms with Crippen LogP contribution in [0.4, 0.5) is 0 Å². The van der Waals surface area contributed by atoms with E-state index in [1.165, 1.54) is 24.0 Å². The van der Waals surface area contributed by atoms with E-state index in [-0.39, 0.29) is 6.10 Å². The Bertz CT molecular complexity index is 494. The molecule has 1 aliphatic carbocycles. The molecule has 0 amide bonds. The lowest BCUT2D eigenvalue weighted by Crippen LogP contribution is -2.50. The van der Waals surface area contributed by atoms with Crippen molar-refractivity contribution in [1.82, 2.24) is 4.90 Å². The van der Waals surface area contributed by atoms with Gasteiger partial charge in [0.15, 0.2) is 0 Å². The van der Waals surface area contributed by atoms with Gasteiger partial charge in [-0.1, -0.05) is 25.0 Å². The Labute approximate surface area is 134 Å². The number of hydrogen-bond acceptors (Lipinski definition) is 3.